The smallest absolute Gasteiger partial charge is 0.266 e. The summed E-state index contributed by atoms with van der Waals surface area (Å²) in [5.41, 5.74) is 1.65. The first kappa shape index (κ1) is 18.9. The number of hydrogen-bond acceptors (Lipinski definition) is 3. The molecule has 3 rings (SSSR count). The number of halogens is 1. The number of amides is 1. The fourth-order valence-corrected chi connectivity index (χ4v) is 2.51. The lowest BCUT2D eigenvalue weighted by atomic mass is 10.1. The Balaban J connectivity index is 1.72. The van der Waals surface area contributed by atoms with Crippen LogP contribution in [0.2, 0.25) is 0 Å². The largest absolute Gasteiger partial charge is 0.489 e. The first-order valence-corrected chi connectivity index (χ1v) is 8.60. The minimum Gasteiger partial charge on any atom is -0.489 e. The Kier molecular flexibility index (Phi) is 6.17. The molecule has 0 unspecified atom stereocenters. The Bertz CT molecular complexity index is 1040. The van der Waals surface area contributed by atoms with E-state index in [-0.39, 0.29) is 18.0 Å². The van der Waals surface area contributed by atoms with Crippen LogP contribution in [0.4, 0.5) is 10.1 Å². The highest BCUT2D eigenvalue weighted by Crippen LogP contribution is 2.19. The van der Waals surface area contributed by atoms with Crippen LogP contribution in [0.3, 0.4) is 0 Å². The highest BCUT2D eigenvalue weighted by molar-refractivity contribution is 6.09. The minimum atomic E-state index is -0.494. The topological polar surface area (TPSA) is 62.1 Å². The highest BCUT2D eigenvalue weighted by atomic mass is 19.1. The Morgan fingerprint density at radius 1 is 1.04 bits per heavy atom. The van der Waals surface area contributed by atoms with Gasteiger partial charge in [-0.3, -0.25) is 4.79 Å². The molecule has 0 spiro atoms. The summed E-state index contributed by atoms with van der Waals surface area (Å²) in [6, 6.07) is 24.1. The van der Waals surface area contributed by atoms with Gasteiger partial charge in [-0.1, -0.05) is 48.5 Å². The summed E-state index contributed by atoms with van der Waals surface area (Å²) in [5.74, 6) is -0.313. The summed E-state index contributed by atoms with van der Waals surface area (Å²) in [5, 5.41) is 12.0. The Morgan fingerprint density at radius 3 is 2.54 bits per heavy atom. The van der Waals surface area contributed by atoms with Gasteiger partial charge < -0.3 is 10.1 Å². The van der Waals surface area contributed by atoms with Gasteiger partial charge in [-0.2, -0.15) is 5.26 Å². The number of benzene rings is 3. The van der Waals surface area contributed by atoms with Crippen molar-refractivity contribution in [2.24, 2.45) is 0 Å². The van der Waals surface area contributed by atoms with Gasteiger partial charge in [0.2, 0.25) is 0 Å². The second-order valence-corrected chi connectivity index (χ2v) is 5.94. The number of carbonyl (C=O) groups excluding carboxylic acids is 1. The quantitative estimate of drug-likeness (QED) is 0.492. The van der Waals surface area contributed by atoms with Crippen LogP contribution >= 0.6 is 0 Å². The summed E-state index contributed by atoms with van der Waals surface area (Å²) < 4.78 is 19.3. The van der Waals surface area contributed by atoms with E-state index in [4.69, 9.17) is 4.74 Å². The van der Waals surface area contributed by atoms with Crippen molar-refractivity contribution in [2.45, 2.75) is 6.61 Å². The maximum Gasteiger partial charge on any atom is 0.266 e. The molecule has 138 valence electrons. The van der Waals surface area contributed by atoms with Gasteiger partial charge in [0.05, 0.1) is 0 Å². The number of nitriles is 1. The molecule has 5 heteroatoms. The SMILES string of the molecule is N#C/C(=C/c1cccc(OCc2ccccc2F)c1)C(=O)Nc1ccccc1. The summed E-state index contributed by atoms with van der Waals surface area (Å²) >= 11 is 0. The zero-order valence-electron chi connectivity index (χ0n) is 14.9. The number of para-hydroxylation sites is 1. The van der Waals surface area contributed by atoms with E-state index in [0.29, 0.717) is 22.6 Å². The molecule has 0 radical (unpaired) electrons. The minimum absolute atomic E-state index is 0.0323. The molecule has 28 heavy (non-hydrogen) atoms. The van der Waals surface area contributed by atoms with Crippen molar-refractivity contribution in [2.75, 3.05) is 5.32 Å². The number of hydrogen-bond donors (Lipinski definition) is 1. The van der Waals surface area contributed by atoms with Gasteiger partial charge in [0.1, 0.15) is 29.8 Å². The number of anilines is 1. The van der Waals surface area contributed by atoms with Gasteiger partial charge in [0.25, 0.3) is 5.91 Å². The molecule has 4 nitrogen and oxygen atoms in total. The number of nitrogens with one attached hydrogen (secondary N) is 1. The molecule has 0 saturated heterocycles. The van der Waals surface area contributed by atoms with Gasteiger partial charge in [-0.25, -0.2) is 4.39 Å². The predicted molar refractivity (Wildman–Crippen MR) is 106 cm³/mol. The Morgan fingerprint density at radius 2 is 1.79 bits per heavy atom. The summed E-state index contributed by atoms with van der Waals surface area (Å²) in [6.45, 7) is 0.0828. The lowest BCUT2D eigenvalue weighted by Gasteiger charge is -2.08. The molecule has 0 fully saturated rings. The zero-order valence-corrected chi connectivity index (χ0v) is 14.9. The molecule has 1 amide bonds. The lowest BCUT2D eigenvalue weighted by Crippen LogP contribution is -2.13. The molecule has 0 saturated carbocycles. The Hall–Kier alpha value is -3.91. The zero-order chi connectivity index (χ0) is 19.8. The third-order valence-electron chi connectivity index (χ3n) is 3.92. The van der Waals surface area contributed by atoms with Crippen molar-refractivity contribution in [3.8, 4) is 11.8 Å². The van der Waals surface area contributed by atoms with E-state index in [1.165, 1.54) is 12.1 Å². The van der Waals surface area contributed by atoms with Crippen LogP contribution in [0, 0.1) is 17.1 Å². The van der Waals surface area contributed by atoms with Crippen molar-refractivity contribution in [3.05, 3.63) is 101 Å². The number of nitrogens with zero attached hydrogens (tertiary/aromatic N) is 1. The average molecular weight is 372 g/mol. The third-order valence-corrected chi connectivity index (χ3v) is 3.92. The summed E-state index contributed by atoms with van der Waals surface area (Å²) in [7, 11) is 0. The van der Waals surface area contributed by atoms with Crippen molar-refractivity contribution in [1.29, 1.82) is 5.26 Å². The number of rotatable bonds is 6. The molecule has 3 aromatic carbocycles. The normalized spacial score (nSPS) is 10.8. The average Bonchev–Trinajstić information content (AvgIpc) is 2.72. The van der Waals surface area contributed by atoms with E-state index in [9.17, 15) is 14.4 Å². The molecular weight excluding hydrogens is 355 g/mol. The fraction of sp³-hybridized carbons (Fsp3) is 0.0435. The maximum atomic E-state index is 13.7. The van der Waals surface area contributed by atoms with E-state index in [1.807, 2.05) is 12.1 Å². The van der Waals surface area contributed by atoms with Crippen LogP contribution in [0.5, 0.6) is 5.75 Å². The molecule has 0 bridgehead atoms. The van der Waals surface area contributed by atoms with E-state index < -0.39 is 5.91 Å². The summed E-state index contributed by atoms with van der Waals surface area (Å²) in [6.07, 6.45) is 1.48. The van der Waals surface area contributed by atoms with Crippen molar-refractivity contribution < 1.29 is 13.9 Å². The second-order valence-electron chi connectivity index (χ2n) is 5.94. The number of ether oxygens (including phenoxy) is 1. The summed E-state index contributed by atoms with van der Waals surface area (Å²) in [4.78, 5) is 12.3. The van der Waals surface area contributed by atoms with Gasteiger partial charge in [-0.15, -0.1) is 0 Å². The molecule has 3 aromatic rings. The Labute approximate surface area is 162 Å². The van der Waals surface area contributed by atoms with E-state index in [0.717, 1.165) is 0 Å². The molecule has 0 atom stereocenters. The van der Waals surface area contributed by atoms with Gasteiger partial charge in [-0.05, 0) is 42.0 Å². The highest BCUT2D eigenvalue weighted by Gasteiger charge is 2.10. The maximum absolute atomic E-state index is 13.7. The molecule has 0 aliphatic carbocycles. The van der Waals surface area contributed by atoms with Gasteiger partial charge in [0, 0.05) is 11.3 Å². The lowest BCUT2D eigenvalue weighted by molar-refractivity contribution is -0.112. The third kappa shape index (κ3) is 5.05. The molecule has 0 aliphatic rings. The van der Waals surface area contributed by atoms with Crippen molar-refractivity contribution >= 4 is 17.7 Å². The van der Waals surface area contributed by atoms with E-state index >= 15 is 0 Å². The number of carbonyl (C=O) groups is 1. The standard InChI is InChI=1S/C23H17FN2O2/c24-22-12-5-4-8-18(22)16-28-21-11-6-7-17(14-21)13-19(15-25)23(27)26-20-9-2-1-3-10-20/h1-14H,16H2,(H,26,27)/b19-13-. The van der Waals surface area contributed by atoms with E-state index in [2.05, 4.69) is 5.32 Å². The monoisotopic (exact) mass is 372 g/mol. The van der Waals surface area contributed by atoms with E-state index in [1.54, 1.807) is 66.7 Å². The van der Waals surface area contributed by atoms with Crippen molar-refractivity contribution in [3.63, 3.8) is 0 Å². The molecule has 0 aliphatic heterocycles. The van der Waals surface area contributed by atoms with Crippen molar-refractivity contribution in [1.82, 2.24) is 0 Å². The molecular formula is C23H17FN2O2. The van der Waals surface area contributed by atoms with Crippen LogP contribution in [0.25, 0.3) is 6.08 Å². The van der Waals surface area contributed by atoms with Crippen LogP contribution in [-0.4, -0.2) is 5.91 Å². The predicted octanol–water partition coefficient (Wildman–Crippen LogP) is 4.95. The van der Waals surface area contributed by atoms with Crippen LogP contribution in [-0.2, 0) is 11.4 Å². The first-order valence-electron chi connectivity index (χ1n) is 8.60. The first-order chi connectivity index (χ1) is 13.7. The fourth-order valence-electron chi connectivity index (χ4n) is 2.51. The van der Waals surface area contributed by atoms with Gasteiger partial charge >= 0.3 is 0 Å². The molecule has 1 N–H and O–H groups in total. The second kappa shape index (κ2) is 9.15. The molecule has 0 heterocycles. The van der Waals surface area contributed by atoms with Crippen LogP contribution in [0.15, 0.2) is 84.4 Å². The van der Waals surface area contributed by atoms with Crippen LogP contribution < -0.4 is 10.1 Å². The van der Waals surface area contributed by atoms with Crippen LogP contribution in [0.1, 0.15) is 11.1 Å². The molecule has 0 aromatic heterocycles. The van der Waals surface area contributed by atoms with Gasteiger partial charge in [0.15, 0.2) is 0 Å².